The lowest BCUT2D eigenvalue weighted by Gasteiger charge is -2.31. The van der Waals surface area contributed by atoms with Crippen molar-refractivity contribution in [2.24, 2.45) is 5.92 Å². The van der Waals surface area contributed by atoms with E-state index in [0.29, 0.717) is 0 Å². The molecule has 9 nitrogen and oxygen atoms in total. The second-order valence-electron chi connectivity index (χ2n) is 8.33. The van der Waals surface area contributed by atoms with Gasteiger partial charge < -0.3 is 23.7 Å². The summed E-state index contributed by atoms with van der Waals surface area (Å²) in [5, 5.41) is 11.7. The quantitative estimate of drug-likeness (QED) is 0.189. The third kappa shape index (κ3) is 5.09. The van der Waals surface area contributed by atoms with Crippen LogP contribution >= 0.6 is 0 Å². The Morgan fingerprint density at radius 2 is 1.69 bits per heavy atom. The third-order valence-corrected chi connectivity index (χ3v) is 5.81. The molecule has 2 aromatic carbocycles. The van der Waals surface area contributed by atoms with Crippen molar-refractivity contribution in [1.29, 1.82) is 0 Å². The van der Waals surface area contributed by atoms with Crippen LogP contribution in [0.15, 0.2) is 30.3 Å². The molecule has 1 aliphatic carbocycles. The molecule has 0 unspecified atom stereocenters. The number of carbonyl (C=O) groups is 1. The average molecular weight is 515 g/mol. The van der Waals surface area contributed by atoms with E-state index in [4.69, 9.17) is 14.2 Å². The summed E-state index contributed by atoms with van der Waals surface area (Å²) in [5.74, 6) is -2.79. The standard InChI is InChI=1S/C23H21F4NO8/c1-32-19-11-15(34-14-7-8-17-18(10-14)36-23(26,27)22(24,25)35-17)9-16(20(19)28(30)31)21(29)33-12-13-5-3-2-4-6-13/h7-11,13H,2-6,12H2,1H3. The van der Waals surface area contributed by atoms with Crippen LogP contribution in [0.4, 0.5) is 23.2 Å². The first kappa shape index (κ1) is 25.3. The van der Waals surface area contributed by atoms with Crippen LogP contribution in [0.3, 0.4) is 0 Å². The highest BCUT2D eigenvalue weighted by Crippen LogP contribution is 2.48. The number of nitro benzene ring substituents is 1. The number of fused-ring (bicyclic) bond motifs is 1. The minimum Gasteiger partial charge on any atom is -0.490 e. The van der Waals surface area contributed by atoms with Crippen molar-refractivity contribution in [2.75, 3.05) is 13.7 Å². The van der Waals surface area contributed by atoms with E-state index in [-0.39, 0.29) is 29.8 Å². The van der Waals surface area contributed by atoms with Crippen LogP contribution in [0.25, 0.3) is 0 Å². The molecule has 13 heteroatoms. The van der Waals surface area contributed by atoms with E-state index in [2.05, 4.69) is 9.47 Å². The second kappa shape index (κ2) is 9.70. The molecule has 2 aliphatic rings. The molecule has 1 saturated carbocycles. The first-order valence-corrected chi connectivity index (χ1v) is 11.0. The number of ether oxygens (including phenoxy) is 5. The number of nitrogens with zero attached hydrogens (tertiary/aromatic N) is 1. The number of hydrogen-bond acceptors (Lipinski definition) is 8. The molecule has 0 N–H and O–H groups in total. The molecule has 0 amide bonds. The van der Waals surface area contributed by atoms with E-state index in [1.165, 1.54) is 0 Å². The highest BCUT2D eigenvalue weighted by atomic mass is 19.3. The van der Waals surface area contributed by atoms with Crippen LogP contribution < -0.4 is 18.9 Å². The summed E-state index contributed by atoms with van der Waals surface area (Å²) in [5.41, 5.74) is -1.07. The van der Waals surface area contributed by atoms with E-state index >= 15 is 0 Å². The van der Waals surface area contributed by atoms with E-state index in [0.717, 1.165) is 69.5 Å². The summed E-state index contributed by atoms with van der Waals surface area (Å²) in [7, 11) is 1.15. The summed E-state index contributed by atoms with van der Waals surface area (Å²) < 4.78 is 77.8. The normalized spacial score (nSPS) is 18.2. The molecule has 4 rings (SSSR count). The minimum atomic E-state index is -4.93. The Hall–Kier alpha value is -3.77. The number of alkyl halides is 4. The molecule has 0 saturated heterocycles. The van der Waals surface area contributed by atoms with Gasteiger partial charge in [-0.2, -0.15) is 17.6 Å². The summed E-state index contributed by atoms with van der Waals surface area (Å²) in [6.07, 6.45) is -4.90. The molecule has 0 spiro atoms. The molecule has 2 aromatic rings. The van der Waals surface area contributed by atoms with Gasteiger partial charge in [-0.05, 0) is 30.9 Å². The van der Waals surface area contributed by atoms with Gasteiger partial charge in [0.25, 0.3) is 0 Å². The molecule has 1 heterocycles. The maximum Gasteiger partial charge on any atom is 0.507 e. The van der Waals surface area contributed by atoms with Gasteiger partial charge >= 0.3 is 23.9 Å². The molecule has 0 radical (unpaired) electrons. The van der Waals surface area contributed by atoms with Gasteiger partial charge in [-0.15, -0.1) is 0 Å². The van der Waals surface area contributed by atoms with Gasteiger partial charge in [0.2, 0.25) is 5.75 Å². The molecule has 1 aliphatic heterocycles. The number of esters is 1. The van der Waals surface area contributed by atoms with E-state index in [9.17, 15) is 32.5 Å². The third-order valence-electron chi connectivity index (χ3n) is 5.81. The maximum atomic E-state index is 13.5. The first-order valence-electron chi connectivity index (χ1n) is 11.0. The van der Waals surface area contributed by atoms with Crippen molar-refractivity contribution in [1.82, 2.24) is 0 Å². The number of nitro groups is 1. The second-order valence-corrected chi connectivity index (χ2v) is 8.33. The lowest BCUT2D eigenvalue weighted by molar-refractivity contribution is -0.391. The Morgan fingerprint density at radius 1 is 1.03 bits per heavy atom. The Kier molecular flexibility index (Phi) is 6.83. The number of carbonyl (C=O) groups excluding carboxylic acids is 1. The lowest BCUT2D eigenvalue weighted by Crippen LogP contribution is -2.52. The predicted molar refractivity (Wildman–Crippen MR) is 114 cm³/mol. The summed E-state index contributed by atoms with van der Waals surface area (Å²) >= 11 is 0. The number of halogens is 4. The van der Waals surface area contributed by atoms with Gasteiger partial charge in [-0.25, -0.2) is 4.79 Å². The summed E-state index contributed by atoms with van der Waals surface area (Å²) in [4.78, 5) is 23.7. The molecule has 1 fully saturated rings. The van der Waals surface area contributed by atoms with Crippen LogP contribution in [0.2, 0.25) is 0 Å². The SMILES string of the molecule is COc1cc(Oc2ccc3c(c2)OC(F)(F)C(F)(F)O3)cc(C(=O)OCC2CCCCC2)c1[N+](=O)[O-]. The van der Waals surface area contributed by atoms with Gasteiger partial charge in [0, 0.05) is 18.2 Å². The topological polar surface area (TPSA) is 106 Å². The number of hydrogen-bond donors (Lipinski definition) is 0. The fraction of sp³-hybridized carbons (Fsp3) is 0.435. The Balaban J connectivity index is 1.60. The lowest BCUT2D eigenvalue weighted by atomic mass is 9.90. The number of methoxy groups -OCH3 is 1. The molecular weight excluding hydrogens is 494 g/mol. The average Bonchev–Trinajstić information content (AvgIpc) is 2.83. The van der Waals surface area contributed by atoms with Crippen LogP contribution in [-0.2, 0) is 4.74 Å². The van der Waals surface area contributed by atoms with E-state index in [1.807, 2.05) is 0 Å². The van der Waals surface area contributed by atoms with Crippen molar-refractivity contribution in [3.8, 4) is 28.7 Å². The van der Waals surface area contributed by atoms with Gasteiger partial charge in [-0.1, -0.05) is 19.3 Å². The van der Waals surface area contributed by atoms with E-state index in [1.54, 1.807) is 0 Å². The minimum absolute atomic E-state index is 0.102. The zero-order valence-corrected chi connectivity index (χ0v) is 18.9. The van der Waals surface area contributed by atoms with Crippen LogP contribution in [0, 0.1) is 16.0 Å². The van der Waals surface area contributed by atoms with Gasteiger partial charge in [0.1, 0.15) is 17.1 Å². The Labute approximate surface area is 202 Å². The first-order chi connectivity index (χ1) is 17.0. The largest absolute Gasteiger partial charge is 0.507 e. The number of benzene rings is 2. The smallest absolute Gasteiger partial charge is 0.490 e. The van der Waals surface area contributed by atoms with Crippen molar-refractivity contribution in [3.05, 3.63) is 46.0 Å². The van der Waals surface area contributed by atoms with Crippen LogP contribution in [0.5, 0.6) is 28.7 Å². The molecule has 0 aromatic heterocycles. The van der Waals surface area contributed by atoms with E-state index < -0.39 is 45.9 Å². The Morgan fingerprint density at radius 3 is 2.33 bits per heavy atom. The molecule has 194 valence electrons. The Bertz CT molecular complexity index is 1170. The fourth-order valence-corrected chi connectivity index (χ4v) is 4.01. The predicted octanol–water partition coefficient (Wildman–Crippen LogP) is 6.09. The van der Waals surface area contributed by atoms with Crippen LogP contribution in [-0.4, -0.2) is 36.8 Å². The molecule has 0 atom stereocenters. The zero-order valence-electron chi connectivity index (χ0n) is 18.9. The van der Waals surface area contributed by atoms with Crippen LogP contribution in [0.1, 0.15) is 42.5 Å². The summed E-state index contributed by atoms with van der Waals surface area (Å²) in [6.45, 7) is 0.102. The fourth-order valence-electron chi connectivity index (χ4n) is 4.01. The maximum absolute atomic E-state index is 13.5. The molecule has 0 bridgehead atoms. The molecular formula is C23H21F4NO8. The summed E-state index contributed by atoms with van der Waals surface area (Å²) in [6, 6.07) is 5.07. The van der Waals surface area contributed by atoms with Crippen molar-refractivity contribution < 1.29 is 51.0 Å². The van der Waals surface area contributed by atoms with Gasteiger partial charge in [-0.3, -0.25) is 10.1 Å². The zero-order chi connectivity index (χ0) is 26.1. The van der Waals surface area contributed by atoms with Crippen molar-refractivity contribution in [3.63, 3.8) is 0 Å². The highest BCUT2D eigenvalue weighted by Gasteiger charge is 2.66. The highest BCUT2D eigenvalue weighted by molar-refractivity contribution is 5.96. The van der Waals surface area contributed by atoms with Gasteiger partial charge in [0.15, 0.2) is 11.5 Å². The van der Waals surface area contributed by atoms with Gasteiger partial charge in [0.05, 0.1) is 18.6 Å². The van der Waals surface area contributed by atoms with Crippen molar-refractivity contribution in [2.45, 2.75) is 44.3 Å². The monoisotopic (exact) mass is 515 g/mol. The number of rotatable bonds is 7. The van der Waals surface area contributed by atoms with Crippen molar-refractivity contribution >= 4 is 11.7 Å². The molecule has 36 heavy (non-hydrogen) atoms.